The number of hydrogen-bond donors (Lipinski definition) is 1. The van der Waals surface area contributed by atoms with Gasteiger partial charge in [-0.2, -0.15) is 0 Å². The Morgan fingerprint density at radius 1 is 1.32 bits per heavy atom. The molecule has 0 aliphatic carbocycles. The molecular weight excluding hydrogens is 278 g/mol. The van der Waals surface area contributed by atoms with Crippen LogP contribution in [0.3, 0.4) is 0 Å². The second-order valence-electron chi connectivity index (χ2n) is 6.07. The van der Waals surface area contributed by atoms with Crippen LogP contribution in [0, 0.1) is 5.92 Å². The highest BCUT2D eigenvalue weighted by atomic mass is 16.2. The van der Waals surface area contributed by atoms with Gasteiger partial charge in [0.15, 0.2) is 0 Å². The average molecular weight is 303 g/mol. The minimum absolute atomic E-state index is 0.00240. The Kier molecular flexibility index (Phi) is 5.95. The molecule has 1 heterocycles. The second-order valence-corrected chi connectivity index (χ2v) is 6.07. The highest BCUT2D eigenvalue weighted by Crippen LogP contribution is 2.18. The van der Waals surface area contributed by atoms with Gasteiger partial charge in [-0.3, -0.25) is 9.59 Å². The third kappa shape index (κ3) is 4.84. The fraction of sp³-hybridized carbons (Fsp3) is 0.529. The zero-order valence-electron chi connectivity index (χ0n) is 13.4. The molecule has 5 nitrogen and oxygen atoms in total. The van der Waals surface area contributed by atoms with Gasteiger partial charge in [0.05, 0.1) is 5.92 Å². The van der Waals surface area contributed by atoms with E-state index in [1.807, 2.05) is 42.1 Å². The van der Waals surface area contributed by atoms with Gasteiger partial charge in [-0.1, -0.05) is 30.3 Å². The summed E-state index contributed by atoms with van der Waals surface area (Å²) in [5.74, 6) is -0.119. The van der Waals surface area contributed by atoms with Gasteiger partial charge >= 0.3 is 0 Å². The molecule has 0 aromatic heterocycles. The summed E-state index contributed by atoms with van der Waals surface area (Å²) in [5, 5.41) is 2.91. The first kappa shape index (κ1) is 16.5. The molecule has 1 aromatic carbocycles. The van der Waals surface area contributed by atoms with Crippen molar-refractivity contribution < 1.29 is 9.59 Å². The third-order valence-electron chi connectivity index (χ3n) is 3.96. The van der Waals surface area contributed by atoms with Crippen LogP contribution in [0.5, 0.6) is 0 Å². The van der Waals surface area contributed by atoms with Gasteiger partial charge in [-0.25, -0.2) is 0 Å². The topological polar surface area (TPSA) is 52.7 Å². The van der Waals surface area contributed by atoms with Crippen LogP contribution in [0.25, 0.3) is 0 Å². The molecule has 1 saturated heterocycles. The van der Waals surface area contributed by atoms with Crippen molar-refractivity contribution in [3.05, 3.63) is 35.9 Å². The van der Waals surface area contributed by atoms with E-state index in [0.717, 1.165) is 13.0 Å². The summed E-state index contributed by atoms with van der Waals surface area (Å²) in [6.45, 7) is 2.66. The molecule has 1 aliphatic rings. The van der Waals surface area contributed by atoms with E-state index in [-0.39, 0.29) is 17.7 Å². The molecule has 2 amide bonds. The zero-order valence-corrected chi connectivity index (χ0v) is 13.4. The van der Waals surface area contributed by atoms with Crippen LogP contribution in [0.4, 0.5) is 0 Å². The fourth-order valence-corrected chi connectivity index (χ4v) is 2.62. The number of likely N-dealkylation sites (N-methyl/N-ethyl adjacent to an activating group) is 1. The lowest BCUT2D eigenvalue weighted by molar-refractivity contribution is -0.129. The number of benzene rings is 1. The Balaban J connectivity index is 1.76. The summed E-state index contributed by atoms with van der Waals surface area (Å²) in [4.78, 5) is 27.9. The van der Waals surface area contributed by atoms with E-state index in [2.05, 4.69) is 17.4 Å². The normalized spacial score (nSPS) is 18.0. The van der Waals surface area contributed by atoms with Gasteiger partial charge in [-0.05, 0) is 26.1 Å². The first-order valence-corrected chi connectivity index (χ1v) is 7.80. The molecule has 1 atom stereocenters. The number of carbonyl (C=O) groups is 2. The van der Waals surface area contributed by atoms with E-state index in [1.54, 1.807) is 0 Å². The van der Waals surface area contributed by atoms with Gasteiger partial charge in [0, 0.05) is 32.6 Å². The van der Waals surface area contributed by atoms with Crippen molar-refractivity contribution in [3.8, 4) is 0 Å². The fourth-order valence-electron chi connectivity index (χ4n) is 2.62. The molecule has 0 saturated carbocycles. The predicted molar refractivity (Wildman–Crippen MR) is 86.4 cm³/mol. The van der Waals surface area contributed by atoms with Crippen LogP contribution < -0.4 is 5.32 Å². The molecule has 1 N–H and O–H groups in total. The Bertz CT molecular complexity index is 502. The summed E-state index contributed by atoms with van der Waals surface area (Å²) in [5.41, 5.74) is 1.22. The van der Waals surface area contributed by atoms with Crippen molar-refractivity contribution in [2.75, 3.05) is 40.3 Å². The smallest absolute Gasteiger partial charge is 0.225 e. The molecule has 1 unspecified atom stereocenters. The van der Waals surface area contributed by atoms with E-state index in [1.165, 1.54) is 5.56 Å². The molecule has 22 heavy (non-hydrogen) atoms. The monoisotopic (exact) mass is 303 g/mol. The number of amides is 2. The highest BCUT2D eigenvalue weighted by Gasteiger charge is 2.33. The molecular formula is C17H25N3O2. The molecule has 1 fully saturated rings. The summed E-state index contributed by atoms with van der Waals surface area (Å²) in [7, 11) is 3.94. The number of nitrogens with zero attached hydrogens (tertiary/aromatic N) is 2. The highest BCUT2D eigenvalue weighted by molar-refractivity contribution is 5.89. The third-order valence-corrected chi connectivity index (χ3v) is 3.96. The molecule has 5 heteroatoms. The molecule has 2 rings (SSSR count). The van der Waals surface area contributed by atoms with Gasteiger partial charge in [-0.15, -0.1) is 0 Å². The largest absolute Gasteiger partial charge is 0.355 e. The van der Waals surface area contributed by atoms with Crippen LogP contribution in [0.15, 0.2) is 30.3 Å². The Hall–Kier alpha value is -1.88. The van der Waals surface area contributed by atoms with E-state index in [0.29, 0.717) is 26.1 Å². The maximum Gasteiger partial charge on any atom is 0.225 e. The molecule has 0 bridgehead atoms. The SMILES string of the molecule is CN(C)CCNC(=O)C1CC(=O)N(CCc2ccccc2)C1. The number of hydrogen-bond acceptors (Lipinski definition) is 3. The Morgan fingerprint density at radius 2 is 2.05 bits per heavy atom. The molecule has 120 valence electrons. The number of nitrogens with one attached hydrogen (secondary N) is 1. The van der Waals surface area contributed by atoms with Crippen LogP contribution in [-0.2, 0) is 16.0 Å². The lowest BCUT2D eigenvalue weighted by Crippen LogP contribution is -2.37. The maximum atomic E-state index is 12.1. The average Bonchev–Trinajstić information content (AvgIpc) is 2.87. The van der Waals surface area contributed by atoms with Crippen LogP contribution in [0.1, 0.15) is 12.0 Å². The maximum absolute atomic E-state index is 12.1. The van der Waals surface area contributed by atoms with Crippen molar-refractivity contribution >= 4 is 11.8 Å². The summed E-state index contributed by atoms with van der Waals surface area (Å²) >= 11 is 0. The van der Waals surface area contributed by atoms with E-state index >= 15 is 0 Å². The molecule has 0 spiro atoms. The van der Waals surface area contributed by atoms with Gasteiger partial charge in [0.2, 0.25) is 11.8 Å². The second kappa shape index (κ2) is 7.94. The predicted octanol–water partition coefficient (Wildman–Crippen LogP) is 0.755. The van der Waals surface area contributed by atoms with Gasteiger partial charge < -0.3 is 15.1 Å². The lowest BCUT2D eigenvalue weighted by Gasteiger charge is -2.17. The summed E-state index contributed by atoms with van der Waals surface area (Å²) < 4.78 is 0. The Labute approximate surface area is 132 Å². The van der Waals surface area contributed by atoms with Crippen LogP contribution >= 0.6 is 0 Å². The van der Waals surface area contributed by atoms with Crippen LogP contribution in [0.2, 0.25) is 0 Å². The van der Waals surface area contributed by atoms with E-state index in [4.69, 9.17) is 0 Å². The lowest BCUT2D eigenvalue weighted by atomic mass is 10.1. The Morgan fingerprint density at radius 3 is 2.73 bits per heavy atom. The first-order chi connectivity index (χ1) is 10.6. The zero-order chi connectivity index (χ0) is 15.9. The number of carbonyl (C=O) groups excluding carboxylic acids is 2. The van der Waals surface area contributed by atoms with E-state index < -0.39 is 0 Å². The first-order valence-electron chi connectivity index (χ1n) is 7.80. The summed E-state index contributed by atoms with van der Waals surface area (Å²) in [6.07, 6.45) is 1.17. The quantitative estimate of drug-likeness (QED) is 0.809. The molecule has 1 aliphatic heterocycles. The standard InChI is InChI=1S/C17H25N3O2/c1-19(2)11-9-18-17(22)15-12-16(21)20(13-15)10-8-14-6-4-3-5-7-14/h3-7,15H,8-13H2,1-2H3,(H,18,22). The van der Waals surface area contributed by atoms with Crippen molar-refractivity contribution in [3.63, 3.8) is 0 Å². The number of rotatable bonds is 7. The van der Waals surface area contributed by atoms with Crippen LogP contribution in [-0.4, -0.2) is 61.9 Å². The van der Waals surface area contributed by atoms with Gasteiger partial charge in [0.1, 0.15) is 0 Å². The van der Waals surface area contributed by atoms with Crippen molar-refractivity contribution in [2.45, 2.75) is 12.8 Å². The number of likely N-dealkylation sites (tertiary alicyclic amines) is 1. The van der Waals surface area contributed by atoms with Gasteiger partial charge in [0.25, 0.3) is 0 Å². The van der Waals surface area contributed by atoms with Crippen molar-refractivity contribution in [1.82, 2.24) is 15.1 Å². The van der Waals surface area contributed by atoms with E-state index in [9.17, 15) is 9.59 Å². The van der Waals surface area contributed by atoms with Crippen molar-refractivity contribution in [2.24, 2.45) is 5.92 Å². The minimum atomic E-state index is -0.203. The summed E-state index contributed by atoms with van der Waals surface area (Å²) in [6, 6.07) is 10.1. The minimum Gasteiger partial charge on any atom is -0.355 e. The molecule has 1 aromatic rings. The molecule has 0 radical (unpaired) electrons. The van der Waals surface area contributed by atoms with Crippen molar-refractivity contribution in [1.29, 1.82) is 0 Å².